The summed E-state index contributed by atoms with van der Waals surface area (Å²) < 4.78 is 10.7. The van der Waals surface area contributed by atoms with Crippen molar-refractivity contribution in [2.24, 2.45) is 5.73 Å². The molecule has 2 rings (SSSR count). The second-order valence-electron chi connectivity index (χ2n) is 7.35. The molecule has 0 heterocycles. The molecular formula is C24H32N2O5. The van der Waals surface area contributed by atoms with Gasteiger partial charge in [-0.3, -0.25) is 14.5 Å². The van der Waals surface area contributed by atoms with E-state index in [9.17, 15) is 14.7 Å². The van der Waals surface area contributed by atoms with E-state index in [0.29, 0.717) is 35.6 Å². The van der Waals surface area contributed by atoms with Gasteiger partial charge in [-0.2, -0.15) is 0 Å². The van der Waals surface area contributed by atoms with Crippen LogP contribution in [0.3, 0.4) is 0 Å². The molecule has 168 valence electrons. The third-order valence-electron chi connectivity index (χ3n) is 5.45. The molecule has 0 aliphatic rings. The van der Waals surface area contributed by atoms with Gasteiger partial charge in [0.25, 0.3) is 0 Å². The summed E-state index contributed by atoms with van der Waals surface area (Å²) in [6.45, 7) is 3.81. The molecule has 7 heteroatoms. The van der Waals surface area contributed by atoms with E-state index in [2.05, 4.69) is 6.92 Å². The fourth-order valence-electron chi connectivity index (χ4n) is 3.83. The lowest BCUT2D eigenvalue weighted by Gasteiger charge is -2.42. The number of hydrogen-bond acceptors (Lipinski definition) is 5. The van der Waals surface area contributed by atoms with Crippen molar-refractivity contribution in [1.29, 1.82) is 0 Å². The molecule has 31 heavy (non-hydrogen) atoms. The Hall–Kier alpha value is -3.22. The Kier molecular flexibility index (Phi) is 8.30. The topological polar surface area (TPSA) is 102 Å². The van der Waals surface area contributed by atoms with Crippen molar-refractivity contribution in [2.45, 2.75) is 51.5 Å². The highest BCUT2D eigenvalue weighted by Crippen LogP contribution is 2.41. The first kappa shape index (κ1) is 24.1. The SMILES string of the molecule is CCCCCC(C(N)=O)(c1ccc(O)cc1)N(C(=O)CC)c1ccc(OC)c(OC)c1. The Balaban J connectivity index is 2.79. The van der Waals surface area contributed by atoms with E-state index in [1.807, 2.05) is 0 Å². The Morgan fingerprint density at radius 3 is 2.16 bits per heavy atom. The Morgan fingerprint density at radius 1 is 1.00 bits per heavy atom. The molecule has 2 aromatic rings. The van der Waals surface area contributed by atoms with Crippen molar-refractivity contribution in [2.75, 3.05) is 19.1 Å². The van der Waals surface area contributed by atoms with E-state index in [-0.39, 0.29) is 18.1 Å². The van der Waals surface area contributed by atoms with Gasteiger partial charge < -0.3 is 20.3 Å². The van der Waals surface area contributed by atoms with Gasteiger partial charge in [-0.1, -0.05) is 45.2 Å². The third kappa shape index (κ3) is 4.93. The normalized spacial score (nSPS) is 12.6. The van der Waals surface area contributed by atoms with E-state index >= 15 is 0 Å². The Bertz CT molecular complexity index is 897. The van der Waals surface area contributed by atoms with Gasteiger partial charge >= 0.3 is 0 Å². The maximum Gasteiger partial charge on any atom is 0.248 e. The minimum atomic E-state index is -1.42. The largest absolute Gasteiger partial charge is 0.508 e. The number of nitrogens with two attached hydrogens (primary N) is 1. The lowest BCUT2D eigenvalue weighted by Crippen LogP contribution is -2.57. The number of amides is 2. The van der Waals surface area contributed by atoms with Crippen LogP contribution in [0.25, 0.3) is 0 Å². The molecule has 0 saturated carbocycles. The van der Waals surface area contributed by atoms with Crippen LogP contribution in [0.2, 0.25) is 0 Å². The van der Waals surface area contributed by atoms with Crippen molar-refractivity contribution in [3.8, 4) is 17.2 Å². The molecule has 1 unspecified atom stereocenters. The number of ether oxygens (including phenoxy) is 2. The summed E-state index contributed by atoms with van der Waals surface area (Å²) in [7, 11) is 3.04. The van der Waals surface area contributed by atoms with Crippen molar-refractivity contribution in [3.05, 3.63) is 48.0 Å². The zero-order valence-corrected chi connectivity index (χ0v) is 18.7. The van der Waals surface area contributed by atoms with Crippen molar-refractivity contribution in [1.82, 2.24) is 0 Å². The predicted molar refractivity (Wildman–Crippen MR) is 120 cm³/mol. The fourth-order valence-corrected chi connectivity index (χ4v) is 3.83. The van der Waals surface area contributed by atoms with Crippen LogP contribution < -0.4 is 20.1 Å². The van der Waals surface area contributed by atoms with Gasteiger partial charge in [-0.05, 0) is 36.2 Å². The molecule has 0 aliphatic heterocycles. The number of hydrogen-bond donors (Lipinski definition) is 2. The van der Waals surface area contributed by atoms with Gasteiger partial charge in [0.2, 0.25) is 11.8 Å². The number of rotatable bonds is 11. The number of anilines is 1. The number of unbranched alkanes of at least 4 members (excludes halogenated alkanes) is 2. The molecule has 2 aromatic carbocycles. The molecule has 7 nitrogen and oxygen atoms in total. The molecule has 0 saturated heterocycles. The Labute approximate surface area is 183 Å². The number of methoxy groups -OCH3 is 2. The van der Waals surface area contributed by atoms with Crippen LogP contribution >= 0.6 is 0 Å². The van der Waals surface area contributed by atoms with Gasteiger partial charge in [-0.25, -0.2) is 0 Å². The number of aromatic hydroxyl groups is 1. The molecule has 2 amide bonds. The second-order valence-corrected chi connectivity index (χ2v) is 7.35. The summed E-state index contributed by atoms with van der Waals surface area (Å²) >= 11 is 0. The monoisotopic (exact) mass is 428 g/mol. The first-order chi connectivity index (χ1) is 14.8. The summed E-state index contributed by atoms with van der Waals surface area (Å²) in [5.74, 6) is 0.124. The number of carbonyl (C=O) groups is 2. The van der Waals surface area contributed by atoms with E-state index < -0.39 is 11.4 Å². The number of nitrogens with zero attached hydrogens (tertiary/aromatic N) is 1. The number of phenolic OH excluding ortho intramolecular Hbond substituents is 1. The van der Waals surface area contributed by atoms with Crippen LogP contribution in [-0.2, 0) is 15.1 Å². The van der Waals surface area contributed by atoms with Crippen LogP contribution in [0.15, 0.2) is 42.5 Å². The first-order valence-corrected chi connectivity index (χ1v) is 10.5. The van der Waals surface area contributed by atoms with Crippen molar-refractivity contribution < 1.29 is 24.2 Å². The fraction of sp³-hybridized carbons (Fsp3) is 0.417. The summed E-state index contributed by atoms with van der Waals surface area (Å²) in [6, 6.07) is 11.4. The predicted octanol–water partition coefficient (Wildman–Crippen LogP) is 4.11. The third-order valence-corrected chi connectivity index (χ3v) is 5.45. The molecule has 0 radical (unpaired) electrons. The zero-order chi connectivity index (χ0) is 23.0. The molecule has 0 aromatic heterocycles. The van der Waals surface area contributed by atoms with Gasteiger partial charge in [0.15, 0.2) is 17.0 Å². The first-order valence-electron chi connectivity index (χ1n) is 10.5. The van der Waals surface area contributed by atoms with Crippen LogP contribution in [-0.4, -0.2) is 31.1 Å². The molecular weight excluding hydrogens is 396 g/mol. The van der Waals surface area contributed by atoms with Gasteiger partial charge in [0.05, 0.1) is 14.2 Å². The summed E-state index contributed by atoms with van der Waals surface area (Å²) in [6.07, 6.45) is 3.05. The van der Waals surface area contributed by atoms with Crippen molar-refractivity contribution >= 4 is 17.5 Å². The zero-order valence-electron chi connectivity index (χ0n) is 18.7. The van der Waals surface area contributed by atoms with E-state index in [4.69, 9.17) is 15.2 Å². The quantitative estimate of drug-likeness (QED) is 0.524. The lowest BCUT2D eigenvalue weighted by molar-refractivity contribution is -0.129. The van der Waals surface area contributed by atoms with Crippen molar-refractivity contribution in [3.63, 3.8) is 0 Å². The van der Waals surface area contributed by atoms with Crippen LogP contribution in [0.1, 0.15) is 51.5 Å². The standard InChI is InChI=1S/C24H32N2O5/c1-5-7-8-15-24(23(25)29,17-9-12-19(27)13-10-17)26(22(28)6-2)18-11-14-20(30-3)21(16-18)31-4/h9-14,16,27H,5-8,15H2,1-4H3,(H2,25,29). The van der Waals surface area contributed by atoms with E-state index in [1.54, 1.807) is 37.3 Å². The maximum absolute atomic E-state index is 13.3. The molecule has 0 aliphatic carbocycles. The highest BCUT2D eigenvalue weighted by molar-refractivity contribution is 6.03. The molecule has 0 bridgehead atoms. The second kappa shape index (κ2) is 10.7. The van der Waals surface area contributed by atoms with Gasteiger partial charge in [-0.15, -0.1) is 0 Å². The number of carbonyl (C=O) groups excluding carboxylic acids is 2. The number of benzene rings is 2. The minimum Gasteiger partial charge on any atom is -0.508 e. The Morgan fingerprint density at radius 2 is 1.65 bits per heavy atom. The highest BCUT2D eigenvalue weighted by atomic mass is 16.5. The number of primary amides is 1. The van der Waals surface area contributed by atoms with E-state index in [1.165, 1.54) is 31.3 Å². The highest BCUT2D eigenvalue weighted by Gasteiger charge is 2.47. The summed E-state index contributed by atoms with van der Waals surface area (Å²) in [4.78, 5) is 27.9. The maximum atomic E-state index is 13.3. The average molecular weight is 429 g/mol. The van der Waals surface area contributed by atoms with Gasteiger partial charge in [0.1, 0.15) is 5.75 Å². The number of phenols is 1. The molecule has 1 atom stereocenters. The summed E-state index contributed by atoms with van der Waals surface area (Å²) in [5, 5.41) is 9.78. The van der Waals surface area contributed by atoms with Crippen LogP contribution in [0.5, 0.6) is 17.2 Å². The van der Waals surface area contributed by atoms with Crippen LogP contribution in [0, 0.1) is 0 Å². The minimum absolute atomic E-state index is 0.0650. The van der Waals surface area contributed by atoms with Gasteiger partial charge in [0, 0.05) is 18.2 Å². The molecule has 3 N–H and O–H groups in total. The lowest BCUT2D eigenvalue weighted by atomic mass is 9.81. The smallest absolute Gasteiger partial charge is 0.248 e. The van der Waals surface area contributed by atoms with Crippen LogP contribution in [0.4, 0.5) is 5.69 Å². The van der Waals surface area contributed by atoms with E-state index in [0.717, 1.165) is 12.8 Å². The summed E-state index contributed by atoms with van der Waals surface area (Å²) in [5.41, 5.74) is 5.64. The molecule has 0 fully saturated rings. The average Bonchev–Trinajstić information content (AvgIpc) is 2.78. The molecule has 0 spiro atoms.